The smallest absolute Gasteiger partial charge is 0.270 e. The maximum atomic E-state index is 12.3. The number of aryl methyl sites for hydroxylation is 1. The largest absolute Gasteiger partial charge is 0.347 e. The average Bonchev–Trinajstić information content (AvgIpc) is 2.71. The molecule has 3 aromatic rings. The van der Waals surface area contributed by atoms with Crippen LogP contribution in [0.25, 0.3) is 0 Å². The van der Waals surface area contributed by atoms with Gasteiger partial charge in [-0.2, -0.15) is 0 Å². The van der Waals surface area contributed by atoms with Crippen LogP contribution in [-0.4, -0.2) is 21.8 Å². The van der Waals surface area contributed by atoms with Crippen molar-refractivity contribution in [3.8, 4) is 0 Å². The molecule has 3 rings (SSSR count). The Balaban J connectivity index is 1.60. The highest BCUT2D eigenvalue weighted by Gasteiger charge is 2.12. The van der Waals surface area contributed by atoms with Gasteiger partial charge in [0.2, 0.25) is 0 Å². The number of nitrogens with one attached hydrogen (secondary N) is 2. The number of benzene rings is 1. The van der Waals surface area contributed by atoms with Gasteiger partial charge < -0.3 is 10.6 Å². The van der Waals surface area contributed by atoms with Gasteiger partial charge in [0, 0.05) is 25.5 Å². The summed E-state index contributed by atoms with van der Waals surface area (Å²) < 4.78 is 0. The Kier molecular flexibility index (Phi) is 5.89. The summed E-state index contributed by atoms with van der Waals surface area (Å²) in [6, 6.07) is 16.4. The lowest BCUT2D eigenvalue weighted by molar-refractivity contribution is 0.0941. The molecule has 2 heterocycles. The molecular formula is C21H20N4O2. The summed E-state index contributed by atoms with van der Waals surface area (Å²) in [6.45, 7) is 2.75. The lowest BCUT2D eigenvalue weighted by Gasteiger charge is -2.08. The summed E-state index contributed by atoms with van der Waals surface area (Å²) in [5.41, 5.74) is 3.43. The predicted octanol–water partition coefficient (Wildman–Crippen LogP) is 2.65. The topological polar surface area (TPSA) is 84.0 Å². The number of carbonyl (C=O) groups excluding carboxylic acids is 2. The summed E-state index contributed by atoms with van der Waals surface area (Å²) in [5, 5.41) is 5.60. The zero-order chi connectivity index (χ0) is 19.1. The van der Waals surface area contributed by atoms with Gasteiger partial charge in [0.1, 0.15) is 11.4 Å². The van der Waals surface area contributed by atoms with Gasteiger partial charge in [-0.25, -0.2) is 4.98 Å². The fourth-order valence-corrected chi connectivity index (χ4v) is 2.56. The molecule has 0 saturated carbocycles. The van der Waals surface area contributed by atoms with E-state index in [9.17, 15) is 9.59 Å². The number of carbonyl (C=O) groups is 2. The molecule has 0 radical (unpaired) electrons. The lowest BCUT2D eigenvalue weighted by Crippen LogP contribution is -2.27. The number of hydrogen-bond donors (Lipinski definition) is 2. The van der Waals surface area contributed by atoms with Crippen molar-refractivity contribution < 1.29 is 9.59 Å². The Morgan fingerprint density at radius 1 is 0.852 bits per heavy atom. The van der Waals surface area contributed by atoms with E-state index < -0.39 is 0 Å². The fourth-order valence-electron chi connectivity index (χ4n) is 2.56. The predicted molar refractivity (Wildman–Crippen MR) is 102 cm³/mol. The number of aromatic nitrogens is 2. The summed E-state index contributed by atoms with van der Waals surface area (Å²) in [6.07, 6.45) is 3.36. The van der Waals surface area contributed by atoms with Gasteiger partial charge in [0.05, 0.1) is 0 Å². The van der Waals surface area contributed by atoms with Crippen molar-refractivity contribution in [2.75, 3.05) is 0 Å². The zero-order valence-electron chi connectivity index (χ0n) is 15.0. The normalized spacial score (nSPS) is 10.3. The Hall–Kier alpha value is -3.54. The van der Waals surface area contributed by atoms with Gasteiger partial charge in [-0.3, -0.25) is 14.6 Å². The quantitative estimate of drug-likeness (QED) is 0.708. The SMILES string of the molecule is Cc1cccc(CNC(=O)c2cccc(C(=O)NCc3cccnc3)n2)c1. The molecule has 27 heavy (non-hydrogen) atoms. The van der Waals surface area contributed by atoms with E-state index in [1.807, 2.05) is 37.3 Å². The fraction of sp³-hybridized carbons (Fsp3) is 0.143. The summed E-state index contributed by atoms with van der Waals surface area (Å²) in [5.74, 6) is -0.661. The molecule has 0 fully saturated rings. The average molecular weight is 360 g/mol. The minimum absolute atomic E-state index is 0.196. The van der Waals surface area contributed by atoms with E-state index in [1.54, 1.807) is 36.7 Å². The third-order valence-electron chi connectivity index (χ3n) is 3.93. The molecule has 0 unspecified atom stereocenters. The van der Waals surface area contributed by atoms with Gasteiger partial charge in [0.15, 0.2) is 0 Å². The molecule has 1 aromatic carbocycles. The second kappa shape index (κ2) is 8.71. The van der Waals surface area contributed by atoms with Gasteiger partial charge in [-0.05, 0) is 36.2 Å². The van der Waals surface area contributed by atoms with E-state index in [1.165, 1.54) is 0 Å². The van der Waals surface area contributed by atoms with E-state index >= 15 is 0 Å². The van der Waals surface area contributed by atoms with Crippen LogP contribution < -0.4 is 10.6 Å². The van der Waals surface area contributed by atoms with E-state index in [2.05, 4.69) is 20.6 Å². The summed E-state index contributed by atoms with van der Waals surface area (Å²) in [4.78, 5) is 32.8. The van der Waals surface area contributed by atoms with Crippen LogP contribution in [0.15, 0.2) is 67.0 Å². The minimum atomic E-state index is -0.341. The van der Waals surface area contributed by atoms with Crippen molar-refractivity contribution >= 4 is 11.8 Å². The van der Waals surface area contributed by atoms with Crippen molar-refractivity contribution in [1.82, 2.24) is 20.6 Å². The molecule has 0 bridgehead atoms. The number of amides is 2. The Morgan fingerprint density at radius 2 is 1.48 bits per heavy atom. The van der Waals surface area contributed by atoms with Gasteiger partial charge in [0.25, 0.3) is 11.8 Å². The van der Waals surface area contributed by atoms with Gasteiger partial charge >= 0.3 is 0 Å². The van der Waals surface area contributed by atoms with E-state index in [0.717, 1.165) is 16.7 Å². The maximum Gasteiger partial charge on any atom is 0.270 e. The van der Waals surface area contributed by atoms with Crippen molar-refractivity contribution in [2.45, 2.75) is 20.0 Å². The van der Waals surface area contributed by atoms with Crippen LogP contribution in [0.4, 0.5) is 0 Å². The minimum Gasteiger partial charge on any atom is -0.347 e. The monoisotopic (exact) mass is 360 g/mol. The highest BCUT2D eigenvalue weighted by Crippen LogP contribution is 2.05. The van der Waals surface area contributed by atoms with Crippen molar-refractivity contribution in [3.05, 3.63) is 95.1 Å². The van der Waals surface area contributed by atoms with Gasteiger partial charge in [-0.1, -0.05) is 42.0 Å². The first-order chi connectivity index (χ1) is 13.1. The van der Waals surface area contributed by atoms with Crippen LogP contribution in [0.2, 0.25) is 0 Å². The third kappa shape index (κ3) is 5.22. The summed E-state index contributed by atoms with van der Waals surface area (Å²) in [7, 11) is 0. The first-order valence-corrected chi connectivity index (χ1v) is 8.60. The third-order valence-corrected chi connectivity index (χ3v) is 3.93. The van der Waals surface area contributed by atoms with E-state index in [0.29, 0.717) is 13.1 Å². The first-order valence-electron chi connectivity index (χ1n) is 8.60. The van der Waals surface area contributed by atoms with Crippen molar-refractivity contribution in [1.29, 1.82) is 0 Å². The molecule has 0 spiro atoms. The van der Waals surface area contributed by atoms with Gasteiger partial charge in [-0.15, -0.1) is 0 Å². The van der Waals surface area contributed by atoms with Crippen LogP contribution in [0.1, 0.15) is 37.7 Å². The van der Waals surface area contributed by atoms with Crippen molar-refractivity contribution in [2.24, 2.45) is 0 Å². The van der Waals surface area contributed by atoms with Crippen molar-refractivity contribution in [3.63, 3.8) is 0 Å². The molecule has 2 aromatic heterocycles. The molecule has 0 atom stereocenters. The van der Waals surface area contributed by atoms with Crippen LogP contribution >= 0.6 is 0 Å². The van der Waals surface area contributed by atoms with Crippen LogP contribution in [0, 0.1) is 6.92 Å². The van der Waals surface area contributed by atoms with Crippen LogP contribution in [0.5, 0.6) is 0 Å². The van der Waals surface area contributed by atoms with E-state index in [-0.39, 0.29) is 23.2 Å². The van der Waals surface area contributed by atoms with Crippen LogP contribution in [0.3, 0.4) is 0 Å². The molecule has 0 saturated heterocycles. The Labute approximate surface area is 157 Å². The first kappa shape index (κ1) is 18.3. The maximum absolute atomic E-state index is 12.3. The number of rotatable bonds is 6. The molecule has 0 aliphatic rings. The number of hydrogen-bond acceptors (Lipinski definition) is 4. The second-order valence-corrected chi connectivity index (χ2v) is 6.12. The summed E-state index contributed by atoms with van der Waals surface area (Å²) >= 11 is 0. The molecule has 6 heteroatoms. The Bertz CT molecular complexity index is 942. The Morgan fingerprint density at radius 3 is 2.11 bits per heavy atom. The molecule has 136 valence electrons. The molecule has 2 amide bonds. The number of nitrogens with zero attached hydrogens (tertiary/aromatic N) is 2. The lowest BCUT2D eigenvalue weighted by atomic mass is 10.1. The molecule has 0 aliphatic carbocycles. The number of pyridine rings is 2. The zero-order valence-corrected chi connectivity index (χ0v) is 15.0. The highest BCUT2D eigenvalue weighted by molar-refractivity contribution is 5.96. The highest BCUT2D eigenvalue weighted by atomic mass is 16.2. The standard InChI is InChI=1S/C21H20N4O2/c1-15-5-2-6-16(11-15)13-23-20(26)18-8-3-9-19(25-18)21(27)24-14-17-7-4-10-22-12-17/h2-12H,13-14H2,1H3,(H,23,26)(H,24,27). The molecule has 2 N–H and O–H groups in total. The second-order valence-electron chi connectivity index (χ2n) is 6.12. The molecule has 6 nitrogen and oxygen atoms in total. The molecular weight excluding hydrogens is 340 g/mol. The van der Waals surface area contributed by atoms with E-state index in [4.69, 9.17) is 0 Å². The molecule has 0 aliphatic heterocycles. The van der Waals surface area contributed by atoms with Crippen LogP contribution in [-0.2, 0) is 13.1 Å².